The number of hydrazine groups is 1. The first-order valence-electron chi connectivity index (χ1n) is 28.2. The van der Waals surface area contributed by atoms with Gasteiger partial charge in [-0.05, 0) is 137 Å². The highest BCUT2D eigenvalue weighted by Crippen LogP contribution is 2.53. The zero-order valence-electron chi connectivity index (χ0n) is 46.2. The third-order valence-electron chi connectivity index (χ3n) is 17.4. The molecule has 3 aromatic heterocycles. The Balaban J connectivity index is 0.895. The summed E-state index contributed by atoms with van der Waals surface area (Å²) >= 11 is 1.44. The van der Waals surface area contributed by atoms with Crippen LogP contribution in [0.25, 0.3) is 44.5 Å². The van der Waals surface area contributed by atoms with Crippen molar-refractivity contribution in [3.63, 3.8) is 0 Å². The van der Waals surface area contributed by atoms with Gasteiger partial charge in [0.1, 0.15) is 24.3 Å². The Kier molecular flexibility index (Phi) is 14.2. The number of nitrogens with one attached hydrogen (secondary N) is 2. The predicted molar refractivity (Wildman–Crippen MR) is 300 cm³/mol. The van der Waals surface area contributed by atoms with Gasteiger partial charge in [0.25, 0.3) is 5.91 Å². The van der Waals surface area contributed by atoms with Crippen molar-refractivity contribution < 1.29 is 42.9 Å². The SMILES string of the molecule is CCn1c(-c2cc([C@@H]3C[C@H]4COC[C@@H](C3)N4C(=O)OCC3c4ccccc4-c4ccccc43)cnc2[C@H](C)OC)c2c3cc(ccc31)-c1csc(n1)[C@@H](C)[C@H](NC(=O)OC(C)(C)C)C(=O)N1CCC[C@H](N1)C(=O)OCC1(CC1)C2. The Labute approximate surface area is 465 Å². The van der Waals surface area contributed by atoms with Gasteiger partial charge in [0.15, 0.2) is 0 Å². The number of aryl methyl sites for hydroxylation is 1. The van der Waals surface area contributed by atoms with Gasteiger partial charge >= 0.3 is 18.2 Å². The number of fused-ring (bicyclic) bond motifs is 11. The zero-order valence-corrected chi connectivity index (χ0v) is 47.0. The van der Waals surface area contributed by atoms with Gasteiger partial charge in [-0.2, -0.15) is 0 Å². The summed E-state index contributed by atoms with van der Waals surface area (Å²) in [6.45, 7) is 13.8. The maximum absolute atomic E-state index is 14.5. The molecule has 8 bridgehead atoms. The number of carbonyl (C=O) groups excluding carboxylic acids is 4. The van der Waals surface area contributed by atoms with Gasteiger partial charge in [-0.15, -0.1) is 11.3 Å². The van der Waals surface area contributed by atoms with Crippen molar-refractivity contribution in [2.24, 2.45) is 5.41 Å². The first-order chi connectivity index (χ1) is 38.1. The van der Waals surface area contributed by atoms with Crippen LogP contribution in [0.4, 0.5) is 9.59 Å². The summed E-state index contributed by atoms with van der Waals surface area (Å²) in [6.07, 6.45) is 5.50. The molecule has 2 aliphatic carbocycles. The van der Waals surface area contributed by atoms with Crippen LogP contribution in [0.1, 0.15) is 137 Å². The lowest BCUT2D eigenvalue weighted by atomic mass is 9.80. The van der Waals surface area contributed by atoms with E-state index in [-0.39, 0.29) is 60.7 Å². The van der Waals surface area contributed by atoms with E-state index >= 15 is 0 Å². The zero-order chi connectivity index (χ0) is 54.9. The Hall–Kier alpha value is -6.66. The number of cyclic esters (lactones) is 1. The third kappa shape index (κ3) is 10.1. The van der Waals surface area contributed by atoms with E-state index in [1.807, 2.05) is 30.3 Å². The van der Waals surface area contributed by atoms with E-state index in [1.54, 1.807) is 27.9 Å². The molecular weight excluding hydrogens is 1020 g/mol. The summed E-state index contributed by atoms with van der Waals surface area (Å²) in [5, 5.41) is 8.08. The first-order valence-corrected chi connectivity index (χ1v) is 29.1. The number of ether oxygens (including phenoxy) is 5. The second-order valence-corrected chi connectivity index (χ2v) is 24.6. The van der Waals surface area contributed by atoms with Crippen molar-refractivity contribution in [3.05, 3.63) is 117 Å². The number of rotatable bonds is 8. The Morgan fingerprint density at radius 3 is 2.38 bits per heavy atom. The second-order valence-electron chi connectivity index (χ2n) is 23.7. The van der Waals surface area contributed by atoms with Crippen molar-refractivity contribution in [3.8, 4) is 33.6 Å². The molecule has 7 heterocycles. The molecule has 0 unspecified atom stereocenters. The number of amides is 3. The molecule has 0 radical (unpaired) electrons. The molecular formula is C62H71N7O9S. The van der Waals surface area contributed by atoms with Gasteiger partial charge in [-0.25, -0.2) is 20.0 Å². The number of pyridine rings is 1. The minimum absolute atomic E-state index is 0.0338. The van der Waals surface area contributed by atoms with Crippen molar-refractivity contribution in [2.75, 3.05) is 40.1 Å². The van der Waals surface area contributed by atoms with Crippen molar-refractivity contribution in [1.29, 1.82) is 0 Å². The monoisotopic (exact) mass is 1090 g/mol. The number of alkyl carbamates (subject to hydrolysis) is 1. The molecule has 17 heteroatoms. The van der Waals surface area contributed by atoms with E-state index in [1.165, 1.54) is 38.6 Å². The van der Waals surface area contributed by atoms with Crippen LogP contribution < -0.4 is 10.7 Å². The van der Waals surface area contributed by atoms with Gasteiger partial charge < -0.3 is 33.6 Å². The van der Waals surface area contributed by atoms with Crippen LogP contribution in [-0.4, -0.2) is 118 Å². The first kappa shape index (κ1) is 53.0. The Morgan fingerprint density at radius 2 is 1.70 bits per heavy atom. The molecule has 7 atom stereocenters. The quantitative estimate of drug-likeness (QED) is 0.109. The topological polar surface area (TPSA) is 176 Å². The minimum atomic E-state index is -1.05. The molecule has 4 fully saturated rings. The van der Waals surface area contributed by atoms with Crippen LogP contribution >= 0.6 is 11.3 Å². The number of morpholine rings is 1. The summed E-state index contributed by atoms with van der Waals surface area (Å²) in [4.78, 5) is 68.7. The molecule has 12 rings (SSSR count). The highest BCUT2D eigenvalue weighted by molar-refractivity contribution is 7.10. The van der Waals surface area contributed by atoms with E-state index in [4.69, 9.17) is 33.7 Å². The maximum atomic E-state index is 14.5. The van der Waals surface area contributed by atoms with Gasteiger partial charge in [-0.3, -0.25) is 24.5 Å². The molecule has 1 spiro atoms. The normalized spacial score (nSPS) is 24.1. The number of hydrogen-bond acceptors (Lipinski definition) is 13. The third-order valence-corrected chi connectivity index (χ3v) is 18.4. The van der Waals surface area contributed by atoms with Gasteiger partial charge in [0.2, 0.25) is 0 Å². The molecule has 6 aromatic rings. The number of nitrogens with zero attached hydrogens (tertiary/aromatic N) is 5. The number of methoxy groups -OCH3 is 1. The van der Waals surface area contributed by atoms with E-state index in [2.05, 4.69) is 95.0 Å². The molecule has 3 amide bonds. The Morgan fingerprint density at radius 1 is 0.975 bits per heavy atom. The van der Waals surface area contributed by atoms with Gasteiger partial charge in [0, 0.05) is 71.1 Å². The summed E-state index contributed by atoms with van der Waals surface area (Å²) in [6, 6.07) is 23.5. The predicted octanol–water partition coefficient (Wildman–Crippen LogP) is 10.8. The molecule has 414 valence electrons. The lowest BCUT2D eigenvalue weighted by Gasteiger charge is -2.47. The second kappa shape index (κ2) is 21.1. The van der Waals surface area contributed by atoms with Crippen molar-refractivity contribution in [1.82, 2.24) is 35.2 Å². The maximum Gasteiger partial charge on any atom is 0.410 e. The molecule has 2 N–H and O–H groups in total. The fourth-order valence-electron chi connectivity index (χ4n) is 13.0. The largest absolute Gasteiger partial charge is 0.464 e. The van der Waals surface area contributed by atoms with Crippen LogP contribution in [0.2, 0.25) is 0 Å². The van der Waals surface area contributed by atoms with Crippen LogP contribution in [-0.2, 0) is 46.2 Å². The number of carbonyl (C=O) groups is 4. The standard InChI is InChI=1S/C62H71N7O9S/c1-8-67-52-20-19-37-26-46(52)48(28-62(21-22-62)34-77-58(71)50-18-13-23-68(66-50)57(70)53(65-59(72)78-61(4,5)6)35(2)56-64-51(37)33-79-56)55(67)47-27-39(29-63-54(47)36(3)74-7)38-24-40-30-75-31-41(25-38)69(40)60(73)76-32-49-44-16-11-9-14-42(44)43-15-10-12-17-45(43)49/h9-12,14-17,19-20,26-27,29,33,35-36,38,40-41,49-50,53,66H,8,13,18,21-25,28,30-32,34H2,1-7H3,(H,65,72)/t35-,36-,38-,40+,41-,50-,53-/m0/s1. The fraction of sp³-hybridized carbons (Fsp3) is 0.484. The highest BCUT2D eigenvalue weighted by atomic mass is 32.1. The van der Waals surface area contributed by atoms with Crippen LogP contribution in [0.15, 0.2) is 84.4 Å². The summed E-state index contributed by atoms with van der Waals surface area (Å²) in [5.41, 5.74) is 14.7. The van der Waals surface area contributed by atoms with Crippen LogP contribution in [0.5, 0.6) is 0 Å². The molecule has 3 saturated heterocycles. The highest BCUT2D eigenvalue weighted by Gasteiger charge is 2.48. The summed E-state index contributed by atoms with van der Waals surface area (Å²) in [7, 11) is 1.72. The average molecular weight is 1090 g/mol. The number of thiazole rings is 1. The van der Waals surface area contributed by atoms with E-state index < -0.39 is 35.7 Å². The van der Waals surface area contributed by atoms with Crippen LogP contribution in [0, 0.1) is 5.41 Å². The van der Waals surface area contributed by atoms with Crippen LogP contribution in [0.3, 0.4) is 0 Å². The number of hydrogen-bond donors (Lipinski definition) is 2. The number of esters is 1. The molecule has 6 aliphatic rings. The number of piperidine rings is 1. The summed E-state index contributed by atoms with van der Waals surface area (Å²) in [5.74, 6) is -1.30. The molecule has 16 nitrogen and oxygen atoms in total. The van der Waals surface area contributed by atoms with Crippen molar-refractivity contribution in [2.45, 2.75) is 147 Å². The lowest BCUT2D eigenvalue weighted by Crippen LogP contribution is -2.61. The molecule has 4 aliphatic heterocycles. The van der Waals surface area contributed by atoms with E-state index in [0.29, 0.717) is 63.4 Å². The van der Waals surface area contributed by atoms with Crippen molar-refractivity contribution >= 4 is 46.3 Å². The van der Waals surface area contributed by atoms with E-state index in [9.17, 15) is 19.2 Å². The molecule has 3 aromatic carbocycles. The number of aromatic nitrogens is 3. The number of benzene rings is 3. The fourth-order valence-corrected chi connectivity index (χ4v) is 14.0. The van der Waals surface area contributed by atoms with Gasteiger partial charge in [-0.1, -0.05) is 61.5 Å². The Bertz CT molecular complexity index is 3280. The molecule has 1 saturated carbocycles. The lowest BCUT2D eigenvalue weighted by molar-refractivity contribution is -0.154. The summed E-state index contributed by atoms with van der Waals surface area (Å²) < 4.78 is 32.9. The smallest absolute Gasteiger partial charge is 0.410 e. The van der Waals surface area contributed by atoms with E-state index in [0.717, 1.165) is 63.1 Å². The molecule has 79 heavy (non-hydrogen) atoms. The van der Waals surface area contributed by atoms with Gasteiger partial charge in [0.05, 0.1) is 60.1 Å². The average Bonchev–Trinajstić information content (AvgIpc) is 4.02. The minimum Gasteiger partial charge on any atom is -0.464 e.